The van der Waals surface area contributed by atoms with Crippen molar-refractivity contribution in [2.45, 2.75) is 50.2 Å². The highest BCUT2D eigenvalue weighted by atomic mass is 32.2. The Morgan fingerprint density at radius 1 is 1.03 bits per heavy atom. The molecule has 4 aromatic heterocycles. The first-order valence-corrected chi connectivity index (χ1v) is 13.6. The number of fused-ring (bicyclic) bond motifs is 1. The molecule has 0 N–H and O–H groups in total. The summed E-state index contributed by atoms with van der Waals surface area (Å²) in [5.74, 6) is -0.674. The Hall–Kier alpha value is -4.01. The number of hydrogen-bond acceptors (Lipinski definition) is 11. The van der Waals surface area contributed by atoms with Gasteiger partial charge in [-0.25, -0.2) is 22.8 Å². The minimum atomic E-state index is -3.85. The van der Waals surface area contributed by atoms with Gasteiger partial charge in [-0.15, -0.1) is 10.2 Å². The Morgan fingerprint density at radius 2 is 1.71 bits per heavy atom. The van der Waals surface area contributed by atoms with Crippen LogP contribution in [-0.4, -0.2) is 72.4 Å². The monoisotopic (exact) mass is 543 g/mol. The summed E-state index contributed by atoms with van der Waals surface area (Å²) in [7, 11) is -0.967. The van der Waals surface area contributed by atoms with Crippen LogP contribution >= 0.6 is 0 Å². The van der Waals surface area contributed by atoms with E-state index in [1.165, 1.54) is 20.5 Å². The van der Waals surface area contributed by atoms with Crippen molar-refractivity contribution >= 4 is 9.84 Å². The van der Waals surface area contributed by atoms with E-state index in [1.54, 1.807) is 24.6 Å². The number of methoxy groups -OCH3 is 2. The van der Waals surface area contributed by atoms with E-state index in [0.29, 0.717) is 11.4 Å². The third kappa shape index (κ3) is 4.46. The van der Waals surface area contributed by atoms with Crippen LogP contribution in [0.4, 0.5) is 4.39 Å². The molecule has 4 aromatic rings. The van der Waals surface area contributed by atoms with Crippen molar-refractivity contribution in [3.8, 4) is 28.8 Å². The Bertz CT molecular complexity index is 1550. The van der Waals surface area contributed by atoms with E-state index >= 15 is 0 Å². The SMILES string of the molecule is COc1ncnc(OC)c1-n1c(CS(=O)(=O)[C@@H](C)[C@H](C)c2ncc(F)cn2)nnc1-c1cnn2c1CCC2. The Labute approximate surface area is 218 Å². The van der Waals surface area contributed by atoms with E-state index in [1.807, 2.05) is 4.68 Å². The fourth-order valence-electron chi connectivity index (χ4n) is 4.50. The fraction of sp³-hybridized carbons (Fsp3) is 0.435. The third-order valence-corrected chi connectivity index (χ3v) is 8.92. The van der Waals surface area contributed by atoms with Gasteiger partial charge < -0.3 is 9.47 Å². The van der Waals surface area contributed by atoms with Gasteiger partial charge in [0, 0.05) is 18.2 Å². The van der Waals surface area contributed by atoms with Gasteiger partial charge in [-0.3, -0.25) is 9.25 Å². The number of ether oxygens (including phenoxy) is 2. The predicted octanol–water partition coefficient (Wildman–Crippen LogP) is 1.92. The predicted molar refractivity (Wildman–Crippen MR) is 132 cm³/mol. The normalized spacial score (nSPS) is 14.8. The van der Waals surface area contributed by atoms with Crippen LogP contribution in [0.1, 0.15) is 43.5 Å². The molecule has 0 fully saturated rings. The lowest BCUT2D eigenvalue weighted by atomic mass is 10.1. The topological polar surface area (TPSA) is 153 Å². The fourth-order valence-corrected chi connectivity index (χ4v) is 6.05. The lowest BCUT2D eigenvalue weighted by Crippen LogP contribution is -2.27. The molecule has 0 amide bonds. The van der Waals surface area contributed by atoms with E-state index < -0.39 is 32.6 Å². The van der Waals surface area contributed by atoms with Crippen molar-refractivity contribution < 1.29 is 22.3 Å². The number of sulfone groups is 1. The molecular weight excluding hydrogens is 517 g/mol. The van der Waals surface area contributed by atoms with Crippen LogP contribution in [0.2, 0.25) is 0 Å². The van der Waals surface area contributed by atoms with E-state index in [2.05, 4.69) is 35.2 Å². The summed E-state index contributed by atoms with van der Waals surface area (Å²) in [6, 6.07) is 0. The second kappa shape index (κ2) is 10.0. The highest BCUT2D eigenvalue weighted by Crippen LogP contribution is 2.36. The molecule has 1 aliphatic rings. The Kier molecular flexibility index (Phi) is 6.77. The van der Waals surface area contributed by atoms with Crippen LogP contribution in [0.15, 0.2) is 24.9 Å². The van der Waals surface area contributed by atoms with Crippen molar-refractivity contribution in [3.63, 3.8) is 0 Å². The van der Waals surface area contributed by atoms with Crippen LogP contribution in [-0.2, 0) is 28.6 Å². The highest BCUT2D eigenvalue weighted by molar-refractivity contribution is 7.91. The van der Waals surface area contributed by atoms with E-state index in [0.717, 1.165) is 37.5 Å². The van der Waals surface area contributed by atoms with Crippen LogP contribution in [0, 0.1) is 5.82 Å². The van der Waals surface area contributed by atoms with Crippen LogP contribution in [0.25, 0.3) is 17.1 Å². The average molecular weight is 544 g/mol. The second-order valence-corrected chi connectivity index (χ2v) is 11.3. The maximum Gasteiger partial charge on any atom is 0.245 e. The molecule has 15 heteroatoms. The quantitative estimate of drug-likeness (QED) is 0.304. The van der Waals surface area contributed by atoms with Crippen LogP contribution in [0.3, 0.4) is 0 Å². The van der Waals surface area contributed by atoms with Gasteiger partial charge in [0.2, 0.25) is 11.8 Å². The molecule has 0 aromatic carbocycles. The van der Waals surface area contributed by atoms with Crippen molar-refractivity contribution in [1.29, 1.82) is 0 Å². The highest BCUT2D eigenvalue weighted by Gasteiger charge is 2.34. The molecule has 0 radical (unpaired) electrons. The van der Waals surface area contributed by atoms with Gasteiger partial charge in [-0.2, -0.15) is 15.1 Å². The maximum atomic E-state index is 13.6. The molecular formula is C23H26FN9O4S. The first-order valence-electron chi connectivity index (χ1n) is 11.9. The molecule has 0 spiro atoms. The third-order valence-electron chi connectivity index (χ3n) is 6.72. The van der Waals surface area contributed by atoms with Gasteiger partial charge in [0.1, 0.15) is 17.9 Å². The summed E-state index contributed by atoms with van der Waals surface area (Å²) in [5, 5.41) is 12.2. The number of aromatic nitrogens is 9. The first kappa shape index (κ1) is 25.6. The summed E-state index contributed by atoms with van der Waals surface area (Å²) in [4.78, 5) is 16.3. The standard InChI is InChI=1S/C23H26FN9O4S/c1-13(20-25-8-15(24)9-26-20)14(2)38(34,35)11-18-30-31-21(16-10-29-32-7-5-6-17(16)32)33(18)19-22(36-3)27-12-28-23(19)37-4/h8-10,12-14H,5-7,11H2,1-4H3/t13-,14-/m0/s1. The molecule has 5 rings (SSSR count). The zero-order valence-corrected chi connectivity index (χ0v) is 22.1. The zero-order chi connectivity index (χ0) is 27.0. The molecule has 5 heterocycles. The smallest absolute Gasteiger partial charge is 0.245 e. The molecule has 2 atom stereocenters. The minimum Gasteiger partial charge on any atom is -0.479 e. The number of rotatable bonds is 9. The number of nitrogens with zero attached hydrogens (tertiary/aromatic N) is 9. The van der Waals surface area contributed by atoms with Gasteiger partial charge >= 0.3 is 0 Å². The second-order valence-electron chi connectivity index (χ2n) is 8.91. The Morgan fingerprint density at radius 3 is 2.37 bits per heavy atom. The molecule has 1 aliphatic heterocycles. The average Bonchev–Trinajstić information content (AvgIpc) is 3.64. The van der Waals surface area contributed by atoms with Crippen molar-refractivity contribution in [1.82, 2.24) is 44.5 Å². The van der Waals surface area contributed by atoms with E-state index in [4.69, 9.17) is 9.47 Å². The van der Waals surface area contributed by atoms with Gasteiger partial charge in [-0.1, -0.05) is 6.92 Å². The number of hydrogen-bond donors (Lipinski definition) is 0. The molecule has 0 unspecified atom stereocenters. The zero-order valence-electron chi connectivity index (χ0n) is 21.2. The Balaban J connectivity index is 1.62. The molecule has 0 saturated carbocycles. The van der Waals surface area contributed by atoms with Crippen molar-refractivity contribution in [2.24, 2.45) is 0 Å². The lowest BCUT2D eigenvalue weighted by Gasteiger charge is -2.20. The van der Waals surface area contributed by atoms with E-state index in [-0.39, 0.29) is 29.1 Å². The number of halogens is 1. The molecule has 38 heavy (non-hydrogen) atoms. The summed E-state index contributed by atoms with van der Waals surface area (Å²) < 4.78 is 55.0. The molecule has 0 bridgehead atoms. The van der Waals surface area contributed by atoms with Crippen molar-refractivity contribution in [3.05, 3.63) is 48.1 Å². The maximum absolute atomic E-state index is 13.6. The summed E-state index contributed by atoms with van der Waals surface area (Å²) >= 11 is 0. The van der Waals surface area contributed by atoms with Gasteiger partial charge in [0.15, 0.2) is 33.0 Å². The van der Waals surface area contributed by atoms with Crippen LogP contribution in [0.5, 0.6) is 11.8 Å². The molecule has 200 valence electrons. The largest absolute Gasteiger partial charge is 0.479 e. The molecule has 13 nitrogen and oxygen atoms in total. The van der Waals surface area contributed by atoms with Crippen molar-refractivity contribution in [2.75, 3.05) is 14.2 Å². The van der Waals surface area contributed by atoms with E-state index in [9.17, 15) is 12.8 Å². The summed E-state index contributed by atoms with van der Waals surface area (Å²) in [5.41, 5.74) is 1.95. The lowest BCUT2D eigenvalue weighted by molar-refractivity contribution is 0.368. The minimum absolute atomic E-state index is 0.114. The summed E-state index contributed by atoms with van der Waals surface area (Å²) in [6.07, 6.45) is 6.73. The first-order chi connectivity index (χ1) is 18.2. The molecule has 0 saturated heterocycles. The van der Waals surface area contributed by atoms with Gasteiger partial charge in [0.05, 0.1) is 43.6 Å². The number of aryl methyl sites for hydroxylation is 1. The van der Waals surface area contributed by atoms with Gasteiger partial charge in [0.25, 0.3) is 0 Å². The molecule has 0 aliphatic carbocycles. The summed E-state index contributed by atoms with van der Waals surface area (Å²) in [6.45, 7) is 4.03. The van der Waals surface area contributed by atoms with Crippen LogP contribution < -0.4 is 9.47 Å². The van der Waals surface area contributed by atoms with Gasteiger partial charge in [-0.05, 0) is 19.8 Å².